The molecule has 0 saturated carbocycles. The molecule has 114 valence electrons. The van der Waals surface area contributed by atoms with Crippen molar-refractivity contribution in [3.63, 3.8) is 0 Å². The third kappa shape index (κ3) is 5.25. The summed E-state index contributed by atoms with van der Waals surface area (Å²) in [7, 11) is 0. The van der Waals surface area contributed by atoms with Crippen molar-refractivity contribution in [2.75, 3.05) is 13.1 Å². The van der Waals surface area contributed by atoms with Gasteiger partial charge in [0.05, 0.1) is 12.3 Å². The van der Waals surface area contributed by atoms with Gasteiger partial charge in [0.15, 0.2) is 0 Å². The van der Waals surface area contributed by atoms with E-state index in [0.717, 1.165) is 5.56 Å². The molecule has 0 bridgehead atoms. The quantitative estimate of drug-likeness (QED) is 0.796. The van der Waals surface area contributed by atoms with Crippen molar-refractivity contribution in [2.45, 2.75) is 20.3 Å². The third-order valence-electron chi connectivity index (χ3n) is 3.10. The minimum absolute atomic E-state index is 0.0142. The molecule has 0 heterocycles. The summed E-state index contributed by atoms with van der Waals surface area (Å²) in [6, 6.07) is 6.86. The normalized spacial score (nSPS) is 11.7. The van der Waals surface area contributed by atoms with Crippen LogP contribution in [0.5, 0.6) is 0 Å². The second-order valence-electron chi connectivity index (χ2n) is 5.00. The Labute approximate surface area is 123 Å². The van der Waals surface area contributed by atoms with Crippen LogP contribution in [0.25, 0.3) is 0 Å². The fraction of sp³-hybridized carbons (Fsp3) is 0.400. The second kappa shape index (κ2) is 7.42. The molecule has 0 aliphatic carbocycles. The van der Waals surface area contributed by atoms with Crippen LogP contribution in [0.15, 0.2) is 24.3 Å². The second-order valence-corrected chi connectivity index (χ2v) is 5.00. The minimum Gasteiger partial charge on any atom is -0.481 e. The van der Waals surface area contributed by atoms with E-state index >= 15 is 0 Å². The summed E-state index contributed by atoms with van der Waals surface area (Å²) < 4.78 is 0. The number of carbonyl (C=O) groups is 3. The SMILES string of the molecule is Cc1ccc(C(=O)N(CCC(=O)O)CC(C)C(=O)O)cc1. The first-order valence-corrected chi connectivity index (χ1v) is 6.61. The van der Waals surface area contributed by atoms with Crippen LogP contribution in [0.4, 0.5) is 0 Å². The lowest BCUT2D eigenvalue weighted by Gasteiger charge is -2.24. The number of nitrogens with zero attached hydrogens (tertiary/aromatic N) is 1. The average molecular weight is 293 g/mol. The molecule has 6 nitrogen and oxygen atoms in total. The van der Waals surface area contributed by atoms with Crippen LogP contribution in [-0.4, -0.2) is 46.0 Å². The lowest BCUT2D eigenvalue weighted by molar-refractivity contribution is -0.141. The lowest BCUT2D eigenvalue weighted by atomic mass is 10.1. The first kappa shape index (κ1) is 16.7. The Morgan fingerprint density at radius 3 is 2.19 bits per heavy atom. The Morgan fingerprint density at radius 2 is 1.71 bits per heavy atom. The monoisotopic (exact) mass is 293 g/mol. The number of rotatable bonds is 7. The van der Waals surface area contributed by atoms with Crippen molar-refractivity contribution < 1.29 is 24.6 Å². The zero-order valence-corrected chi connectivity index (χ0v) is 12.1. The number of hydrogen-bond donors (Lipinski definition) is 2. The lowest BCUT2D eigenvalue weighted by Crippen LogP contribution is -2.38. The van der Waals surface area contributed by atoms with Gasteiger partial charge in [0, 0.05) is 18.7 Å². The predicted molar refractivity (Wildman–Crippen MR) is 76.1 cm³/mol. The minimum atomic E-state index is -1.03. The Hall–Kier alpha value is -2.37. The standard InChI is InChI=1S/C15H19NO5/c1-10-3-5-12(6-4-10)14(19)16(8-7-13(17)18)9-11(2)15(20)21/h3-6,11H,7-9H2,1-2H3,(H,17,18)(H,20,21). The average Bonchev–Trinajstić information content (AvgIpc) is 2.42. The van der Waals surface area contributed by atoms with Gasteiger partial charge in [0.25, 0.3) is 5.91 Å². The van der Waals surface area contributed by atoms with Crippen molar-refractivity contribution in [1.82, 2.24) is 4.90 Å². The Kier molecular flexibility index (Phi) is 5.90. The maximum absolute atomic E-state index is 12.4. The molecule has 1 unspecified atom stereocenters. The molecule has 0 aliphatic rings. The Morgan fingerprint density at radius 1 is 1.14 bits per heavy atom. The smallest absolute Gasteiger partial charge is 0.308 e. The molecule has 2 N–H and O–H groups in total. The van der Waals surface area contributed by atoms with Crippen LogP contribution in [0, 0.1) is 12.8 Å². The van der Waals surface area contributed by atoms with Crippen molar-refractivity contribution in [3.8, 4) is 0 Å². The topological polar surface area (TPSA) is 94.9 Å². The van der Waals surface area contributed by atoms with E-state index in [2.05, 4.69) is 0 Å². The van der Waals surface area contributed by atoms with Crippen LogP contribution in [-0.2, 0) is 9.59 Å². The number of aryl methyl sites for hydroxylation is 1. The number of carboxylic acids is 2. The molecule has 21 heavy (non-hydrogen) atoms. The molecule has 1 amide bonds. The zero-order chi connectivity index (χ0) is 16.0. The van der Waals surface area contributed by atoms with E-state index < -0.39 is 17.9 Å². The fourth-order valence-corrected chi connectivity index (χ4v) is 1.79. The summed E-state index contributed by atoms with van der Waals surface area (Å²) in [5.74, 6) is -3.16. The van der Waals surface area contributed by atoms with Gasteiger partial charge in [0.2, 0.25) is 0 Å². The van der Waals surface area contributed by atoms with Crippen molar-refractivity contribution in [3.05, 3.63) is 35.4 Å². The molecule has 0 saturated heterocycles. The first-order chi connectivity index (χ1) is 9.81. The van der Waals surface area contributed by atoms with Gasteiger partial charge in [-0.05, 0) is 19.1 Å². The predicted octanol–water partition coefficient (Wildman–Crippen LogP) is 1.63. The van der Waals surface area contributed by atoms with Gasteiger partial charge in [0.1, 0.15) is 0 Å². The van der Waals surface area contributed by atoms with E-state index in [9.17, 15) is 14.4 Å². The van der Waals surface area contributed by atoms with Crippen LogP contribution >= 0.6 is 0 Å². The fourth-order valence-electron chi connectivity index (χ4n) is 1.79. The molecule has 0 aromatic heterocycles. The Bertz CT molecular complexity index is 523. The first-order valence-electron chi connectivity index (χ1n) is 6.61. The van der Waals surface area contributed by atoms with Crippen LogP contribution in [0.3, 0.4) is 0 Å². The summed E-state index contributed by atoms with van der Waals surface area (Å²) >= 11 is 0. The number of amides is 1. The van der Waals surface area contributed by atoms with Crippen LogP contribution in [0.1, 0.15) is 29.3 Å². The molecule has 1 atom stereocenters. The van der Waals surface area contributed by atoms with Gasteiger partial charge in [-0.1, -0.05) is 24.6 Å². The molecule has 1 aromatic carbocycles. The van der Waals surface area contributed by atoms with Crippen molar-refractivity contribution >= 4 is 17.8 Å². The van der Waals surface area contributed by atoms with Gasteiger partial charge in [-0.3, -0.25) is 14.4 Å². The molecule has 0 radical (unpaired) electrons. The highest BCUT2D eigenvalue weighted by Crippen LogP contribution is 2.10. The maximum atomic E-state index is 12.4. The van der Waals surface area contributed by atoms with E-state index in [1.54, 1.807) is 24.3 Å². The van der Waals surface area contributed by atoms with Gasteiger partial charge in [-0.15, -0.1) is 0 Å². The summed E-state index contributed by atoms with van der Waals surface area (Å²) in [6.45, 7) is 3.34. The molecule has 6 heteroatoms. The highest BCUT2D eigenvalue weighted by atomic mass is 16.4. The molecule has 1 rings (SSSR count). The molecule has 1 aromatic rings. The summed E-state index contributed by atoms with van der Waals surface area (Å²) in [4.78, 5) is 35.2. The van der Waals surface area contributed by atoms with E-state index in [-0.39, 0.29) is 25.4 Å². The Balaban J connectivity index is 2.87. The van der Waals surface area contributed by atoms with Crippen molar-refractivity contribution in [1.29, 1.82) is 0 Å². The zero-order valence-electron chi connectivity index (χ0n) is 12.1. The summed E-state index contributed by atoms with van der Waals surface area (Å²) in [5, 5.41) is 17.7. The number of benzene rings is 1. The summed E-state index contributed by atoms with van der Waals surface area (Å²) in [6.07, 6.45) is -0.218. The number of carboxylic acid groups (broad SMARTS) is 2. The number of carbonyl (C=O) groups excluding carboxylic acids is 1. The van der Waals surface area contributed by atoms with Gasteiger partial charge in [-0.25, -0.2) is 0 Å². The van der Waals surface area contributed by atoms with Gasteiger partial charge >= 0.3 is 11.9 Å². The van der Waals surface area contributed by atoms with E-state index in [1.165, 1.54) is 11.8 Å². The molecule has 0 fully saturated rings. The van der Waals surface area contributed by atoms with Crippen LogP contribution < -0.4 is 0 Å². The van der Waals surface area contributed by atoms with Gasteiger partial charge < -0.3 is 15.1 Å². The third-order valence-corrected chi connectivity index (χ3v) is 3.10. The highest BCUT2D eigenvalue weighted by Gasteiger charge is 2.22. The van der Waals surface area contributed by atoms with Gasteiger partial charge in [-0.2, -0.15) is 0 Å². The van der Waals surface area contributed by atoms with Crippen molar-refractivity contribution in [2.24, 2.45) is 5.92 Å². The maximum Gasteiger partial charge on any atom is 0.308 e. The molecular formula is C15H19NO5. The summed E-state index contributed by atoms with van der Waals surface area (Å²) in [5.41, 5.74) is 1.42. The largest absolute Gasteiger partial charge is 0.481 e. The highest BCUT2D eigenvalue weighted by molar-refractivity contribution is 5.94. The number of aliphatic carboxylic acids is 2. The van der Waals surface area contributed by atoms with E-state index in [0.29, 0.717) is 5.56 Å². The van der Waals surface area contributed by atoms with E-state index in [4.69, 9.17) is 10.2 Å². The molecule has 0 spiro atoms. The number of hydrogen-bond acceptors (Lipinski definition) is 3. The van der Waals surface area contributed by atoms with E-state index in [1.807, 2.05) is 6.92 Å². The molecular weight excluding hydrogens is 274 g/mol. The van der Waals surface area contributed by atoms with Crippen LogP contribution in [0.2, 0.25) is 0 Å². The molecule has 0 aliphatic heterocycles.